The predicted molar refractivity (Wildman–Crippen MR) is 49.6 cm³/mol. The maximum atomic E-state index is 10.5. The highest BCUT2D eigenvalue weighted by molar-refractivity contribution is 5.71. The molecule has 1 saturated carbocycles. The second-order valence-corrected chi connectivity index (χ2v) is 4.01. The van der Waals surface area contributed by atoms with E-state index < -0.39 is 12.1 Å². The first kappa shape index (κ1) is 10.5. The summed E-state index contributed by atoms with van der Waals surface area (Å²) in [5.74, 6) is -0.182. The second-order valence-electron chi connectivity index (χ2n) is 4.01. The monoisotopic (exact) mass is 186 g/mol. The summed E-state index contributed by atoms with van der Waals surface area (Å²) < 4.78 is 5.42. The summed E-state index contributed by atoms with van der Waals surface area (Å²) in [6.07, 6.45) is 3.95. The quantitative estimate of drug-likeness (QED) is 0.733. The molecule has 0 aromatic heterocycles. The van der Waals surface area contributed by atoms with E-state index in [1.54, 1.807) is 6.92 Å². The zero-order valence-electron chi connectivity index (χ0n) is 8.32. The highest BCUT2D eigenvalue weighted by Gasteiger charge is 2.23. The Labute approximate surface area is 79.1 Å². The maximum absolute atomic E-state index is 10.5. The van der Waals surface area contributed by atoms with Crippen LogP contribution in [0, 0.1) is 5.92 Å². The van der Waals surface area contributed by atoms with Gasteiger partial charge in [-0.05, 0) is 25.7 Å². The molecule has 0 saturated heterocycles. The molecule has 13 heavy (non-hydrogen) atoms. The predicted octanol–water partition coefficient (Wildman–Crippen LogP) is 2.05. The average Bonchev–Trinajstić information content (AvgIpc) is 2.04. The van der Waals surface area contributed by atoms with Crippen molar-refractivity contribution in [1.82, 2.24) is 0 Å². The number of carbonyl (C=O) groups is 1. The van der Waals surface area contributed by atoms with Crippen molar-refractivity contribution in [3.05, 3.63) is 0 Å². The molecule has 0 bridgehead atoms. The van der Waals surface area contributed by atoms with E-state index in [1.165, 1.54) is 6.42 Å². The third-order valence-electron chi connectivity index (χ3n) is 2.63. The molecule has 0 aliphatic heterocycles. The minimum atomic E-state index is -0.863. The van der Waals surface area contributed by atoms with Crippen molar-refractivity contribution in [2.45, 2.75) is 51.7 Å². The molecule has 3 heteroatoms. The van der Waals surface area contributed by atoms with Gasteiger partial charge in [-0.25, -0.2) is 4.79 Å². The van der Waals surface area contributed by atoms with E-state index in [9.17, 15) is 4.79 Å². The third kappa shape index (κ3) is 3.35. The fourth-order valence-corrected chi connectivity index (χ4v) is 1.85. The van der Waals surface area contributed by atoms with Gasteiger partial charge in [0.2, 0.25) is 0 Å². The van der Waals surface area contributed by atoms with Crippen LogP contribution < -0.4 is 0 Å². The molecular formula is C10H18O3. The third-order valence-corrected chi connectivity index (χ3v) is 2.63. The molecule has 0 aromatic rings. The molecule has 1 rings (SSSR count). The van der Waals surface area contributed by atoms with Crippen molar-refractivity contribution < 1.29 is 14.6 Å². The Hall–Kier alpha value is -0.570. The van der Waals surface area contributed by atoms with Gasteiger partial charge in [-0.1, -0.05) is 19.8 Å². The Kier molecular flexibility index (Phi) is 3.72. The van der Waals surface area contributed by atoms with Crippen LogP contribution in [0.3, 0.4) is 0 Å². The van der Waals surface area contributed by atoms with Crippen molar-refractivity contribution in [2.75, 3.05) is 0 Å². The van der Waals surface area contributed by atoms with E-state index >= 15 is 0 Å². The van der Waals surface area contributed by atoms with Gasteiger partial charge in [0.1, 0.15) is 0 Å². The SMILES string of the molecule is C[C@H]1CCC[C@H](O[C@@H](C)C(=O)O)C1. The first-order valence-corrected chi connectivity index (χ1v) is 4.98. The molecule has 0 heterocycles. The summed E-state index contributed by atoms with van der Waals surface area (Å²) in [5, 5.41) is 8.65. The standard InChI is InChI=1S/C10H18O3/c1-7-4-3-5-9(6-7)13-8(2)10(11)12/h7-9H,3-6H2,1-2H3,(H,11,12)/t7-,8-,9-/m0/s1. The summed E-state index contributed by atoms with van der Waals surface area (Å²) >= 11 is 0. The van der Waals surface area contributed by atoms with Crippen LogP contribution in [-0.2, 0) is 9.53 Å². The van der Waals surface area contributed by atoms with Crippen LogP contribution in [0.25, 0.3) is 0 Å². The average molecular weight is 186 g/mol. The molecule has 1 aliphatic carbocycles. The summed E-state index contributed by atoms with van der Waals surface area (Å²) in [6.45, 7) is 3.79. The highest BCUT2D eigenvalue weighted by Crippen LogP contribution is 2.26. The molecule has 0 aromatic carbocycles. The van der Waals surface area contributed by atoms with Gasteiger partial charge in [0.25, 0.3) is 0 Å². The minimum Gasteiger partial charge on any atom is -0.479 e. The number of ether oxygens (including phenoxy) is 1. The summed E-state index contributed by atoms with van der Waals surface area (Å²) in [6, 6.07) is 0. The van der Waals surface area contributed by atoms with E-state index in [0.29, 0.717) is 5.92 Å². The highest BCUT2D eigenvalue weighted by atomic mass is 16.5. The van der Waals surface area contributed by atoms with Gasteiger partial charge >= 0.3 is 5.97 Å². The van der Waals surface area contributed by atoms with Crippen LogP contribution in [0.1, 0.15) is 39.5 Å². The Morgan fingerprint density at radius 2 is 2.23 bits per heavy atom. The van der Waals surface area contributed by atoms with Gasteiger partial charge in [0, 0.05) is 0 Å². The molecule has 1 aliphatic rings. The van der Waals surface area contributed by atoms with Gasteiger partial charge in [-0.15, -0.1) is 0 Å². The first-order chi connectivity index (χ1) is 6.09. The lowest BCUT2D eigenvalue weighted by atomic mass is 9.88. The summed E-state index contributed by atoms with van der Waals surface area (Å²) in [5.41, 5.74) is 0. The lowest BCUT2D eigenvalue weighted by Gasteiger charge is -2.28. The van der Waals surface area contributed by atoms with Crippen molar-refractivity contribution in [3.8, 4) is 0 Å². The first-order valence-electron chi connectivity index (χ1n) is 4.98. The molecule has 0 radical (unpaired) electrons. The Morgan fingerprint density at radius 1 is 1.54 bits per heavy atom. The molecule has 0 amide bonds. The molecule has 1 fully saturated rings. The van der Waals surface area contributed by atoms with Gasteiger partial charge in [0.05, 0.1) is 6.10 Å². The van der Waals surface area contributed by atoms with Crippen LogP contribution in [0.5, 0.6) is 0 Å². The molecule has 76 valence electrons. The van der Waals surface area contributed by atoms with E-state index in [4.69, 9.17) is 9.84 Å². The van der Waals surface area contributed by atoms with Crippen molar-refractivity contribution in [2.24, 2.45) is 5.92 Å². The largest absolute Gasteiger partial charge is 0.479 e. The smallest absolute Gasteiger partial charge is 0.332 e. The number of carboxylic acids is 1. The number of rotatable bonds is 3. The number of aliphatic carboxylic acids is 1. The second kappa shape index (κ2) is 4.61. The molecule has 0 spiro atoms. The van der Waals surface area contributed by atoms with Gasteiger partial charge in [0.15, 0.2) is 6.10 Å². The van der Waals surface area contributed by atoms with Crippen LogP contribution in [0.2, 0.25) is 0 Å². The molecular weight excluding hydrogens is 168 g/mol. The Morgan fingerprint density at radius 3 is 2.77 bits per heavy atom. The number of hydrogen-bond acceptors (Lipinski definition) is 2. The van der Waals surface area contributed by atoms with Crippen molar-refractivity contribution >= 4 is 5.97 Å². The van der Waals surface area contributed by atoms with E-state index in [2.05, 4.69) is 6.92 Å². The van der Waals surface area contributed by atoms with E-state index in [0.717, 1.165) is 19.3 Å². The fraction of sp³-hybridized carbons (Fsp3) is 0.900. The summed E-state index contributed by atoms with van der Waals surface area (Å²) in [4.78, 5) is 10.5. The van der Waals surface area contributed by atoms with Crippen LogP contribution in [0.4, 0.5) is 0 Å². The van der Waals surface area contributed by atoms with Crippen molar-refractivity contribution in [3.63, 3.8) is 0 Å². The molecule has 1 N–H and O–H groups in total. The number of carboxylic acid groups (broad SMARTS) is 1. The van der Waals surface area contributed by atoms with Crippen LogP contribution in [0.15, 0.2) is 0 Å². The van der Waals surface area contributed by atoms with Gasteiger partial charge in [-0.2, -0.15) is 0 Å². The van der Waals surface area contributed by atoms with Crippen LogP contribution in [-0.4, -0.2) is 23.3 Å². The topological polar surface area (TPSA) is 46.5 Å². The lowest BCUT2D eigenvalue weighted by molar-refractivity contribution is -0.154. The van der Waals surface area contributed by atoms with Crippen molar-refractivity contribution in [1.29, 1.82) is 0 Å². The minimum absolute atomic E-state index is 0.162. The summed E-state index contributed by atoms with van der Waals surface area (Å²) in [7, 11) is 0. The van der Waals surface area contributed by atoms with E-state index in [1.807, 2.05) is 0 Å². The van der Waals surface area contributed by atoms with E-state index in [-0.39, 0.29) is 6.10 Å². The lowest BCUT2D eigenvalue weighted by Crippen LogP contribution is -2.29. The van der Waals surface area contributed by atoms with Crippen LogP contribution >= 0.6 is 0 Å². The molecule has 3 nitrogen and oxygen atoms in total. The maximum Gasteiger partial charge on any atom is 0.332 e. The zero-order valence-corrected chi connectivity index (χ0v) is 8.32. The van der Waals surface area contributed by atoms with Gasteiger partial charge < -0.3 is 9.84 Å². The number of hydrogen-bond donors (Lipinski definition) is 1. The Balaban J connectivity index is 2.31. The zero-order chi connectivity index (χ0) is 9.84. The Bertz CT molecular complexity index is 179. The molecule has 0 unspecified atom stereocenters. The fourth-order valence-electron chi connectivity index (χ4n) is 1.85. The molecule has 3 atom stereocenters. The normalized spacial score (nSPS) is 31.2. The van der Waals surface area contributed by atoms with Gasteiger partial charge in [-0.3, -0.25) is 0 Å².